The number of hydrogen-bond acceptors (Lipinski definition) is 4. The van der Waals surface area contributed by atoms with E-state index in [1.807, 2.05) is 6.92 Å². The largest absolute Gasteiger partial charge is 0.481 e. The minimum Gasteiger partial charge on any atom is -0.481 e. The van der Waals surface area contributed by atoms with Crippen molar-refractivity contribution in [2.75, 3.05) is 5.32 Å². The molecule has 6 heteroatoms. The molecule has 0 aromatic carbocycles. The average Bonchev–Trinajstić information content (AvgIpc) is 2.38. The van der Waals surface area contributed by atoms with Crippen molar-refractivity contribution in [1.82, 2.24) is 4.98 Å². The van der Waals surface area contributed by atoms with Crippen LogP contribution in [0.25, 0.3) is 0 Å². The standard InChI is InChI=1S/C14H19N3O3/c1-8-6-7-10(12(15)18)13(16-8)17-11-5-3-2-4-9(11)14(19)20/h6-7,9,11H,2-5H2,1H3,(H2,15,18)(H,16,17)(H,19,20). The highest BCUT2D eigenvalue weighted by Gasteiger charge is 2.31. The smallest absolute Gasteiger partial charge is 0.308 e. The molecule has 0 saturated heterocycles. The first-order valence-electron chi connectivity index (χ1n) is 6.76. The summed E-state index contributed by atoms with van der Waals surface area (Å²) in [6.45, 7) is 1.81. The highest BCUT2D eigenvalue weighted by Crippen LogP contribution is 2.28. The molecule has 0 aliphatic heterocycles. The number of aliphatic carboxylic acids is 1. The molecule has 1 aliphatic rings. The number of rotatable bonds is 4. The zero-order chi connectivity index (χ0) is 14.7. The molecule has 2 atom stereocenters. The van der Waals surface area contributed by atoms with Crippen molar-refractivity contribution in [2.45, 2.75) is 38.6 Å². The fourth-order valence-electron chi connectivity index (χ4n) is 2.64. The van der Waals surface area contributed by atoms with E-state index in [-0.39, 0.29) is 6.04 Å². The van der Waals surface area contributed by atoms with E-state index in [0.29, 0.717) is 17.8 Å². The van der Waals surface area contributed by atoms with Gasteiger partial charge in [-0.1, -0.05) is 12.8 Å². The SMILES string of the molecule is Cc1ccc(C(N)=O)c(NC2CCCCC2C(=O)O)n1. The first-order valence-corrected chi connectivity index (χ1v) is 6.76. The normalized spacial score (nSPS) is 22.2. The van der Waals surface area contributed by atoms with Gasteiger partial charge in [-0.3, -0.25) is 9.59 Å². The number of nitrogens with two attached hydrogens (primary N) is 1. The molecule has 1 saturated carbocycles. The molecular weight excluding hydrogens is 258 g/mol. The Morgan fingerprint density at radius 2 is 2.05 bits per heavy atom. The van der Waals surface area contributed by atoms with Crippen molar-refractivity contribution >= 4 is 17.7 Å². The molecule has 1 fully saturated rings. The molecule has 0 radical (unpaired) electrons. The van der Waals surface area contributed by atoms with Crippen LogP contribution < -0.4 is 11.1 Å². The first kappa shape index (κ1) is 14.3. The number of carboxylic acids is 1. The first-order chi connectivity index (χ1) is 9.49. The summed E-state index contributed by atoms with van der Waals surface area (Å²) in [5.74, 6) is -1.44. The molecule has 1 aromatic heterocycles. The van der Waals surface area contributed by atoms with E-state index in [9.17, 15) is 14.7 Å². The number of primary amides is 1. The van der Waals surface area contributed by atoms with E-state index in [4.69, 9.17) is 5.73 Å². The van der Waals surface area contributed by atoms with Gasteiger partial charge in [0.15, 0.2) is 0 Å². The van der Waals surface area contributed by atoms with Gasteiger partial charge in [0.1, 0.15) is 5.82 Å². The molecule has 20 heavy (non-hydrogen) atoms. The number of nitrogens with zero attached hydrogens (tertiary/aromatic N) is 1. The number of anilines is 1. The summed E-state index contributed by atoms with van der Waals surface area (Å²) in [5, 5.41) is 12.4. The van der Waals surface area contributed by atoms with Gasteiger partial charge in [-0.15, -0.1) is 0 Å². The van der Waals surface area contributed by atoms with Gasteiger partial charge in [-0.2, -0.15) is 0 Å². The number of carboxylic acid groups (broad SMARTS) is 1. The minimum absolute atomic E-state index is 0.214. The van der Waals surface area contributed by atoms with Gasteiger partial charge in [0.2, 0.25) is 0 Å². The molecule has 4 N–H and O–H groups in total. The highest BCUT2D eigenvalue weighted by molar-refractivity contribution is 5.97. The molecule has 6 nitrogen and oxygen atoms in total. The molecule has 0 spiro atoms. The molecule has 1 aliphatic carbocycles. The van der Waals surface area contributed by atoms with Crippen molar-refractivity contribution in [3.8, 4) is 0 Å². The Labute approximate surface area is 117 Å². The lowest BCUT2D eigenvalue weighted by atomic mass is 9.84. The lowest BCUT2D eigenvalue weighted by molar-refractivity contribution is -0.143. The summed E-state index contributed by atoms with van der Waals surface area (Å²) < 4.78 is 0. The summed E-state index contributed by atoms with van der Waals surface area (Å²) in [6.07, 6.45) is 3.29. The van der Waals surface area contributed by atoms with Gasteiger partial charge in [-0.05, 0) is 31.9 Å². The van der Waals surface area contributed by atoms with Crippen LogP contribution in [0.1, 0.15) is 41.7 Å². The van der Waals surface area contributed by atoms with Crippen molar-refractivity contribution in [1.29, 1.82) is 0 Å². The quantitative estimate of drug-likeness (QED) is 0.774. The zero-order valence-corrected chi connectivity index (χ0v) is 11.4. The minimum atomic E-state index is -0.810. The summed E-state index contributed by atoms with van der Waals surface area (Å²) in [4.78, 5) is 27.0. The summed E-state index contributed by atoms with van der Waals surface area (Å²) in [6, 6.07) is 3.11. The number of pyridine rings is 1. The highest BCUT2D eigenvalue weighted by atomic mass is 16.4. The van der Waals surface area contributed by atoms with Crippen LogP contribution >= 0.6 is 0 Å². The molecule has 2 rings (SSSR count). The average molecular weight is 277 g/mol. The molecule has 2 unspecified atom stereocenters. The van der Waals surface area contributed by atoms with Crippen LogP contribution in [0.2, 0.25) is 0 Å². The zero-order valence-electron chi connectivity index (χ0n) is 11.4. The number of amides is 1. The Morgan fingerprint density at radius 1 is 1.35 bits per heavy atom. The maximum Gasteiger partial charge on any atom is 0.308 e. The van der Waals surface area contributed by atoms with Crippen molar-refractivity contribution in [2.24, 2.45) is 11.7 Å². The lowest BCUT2D eigenvalue weighted by Gasteiger charge is -2.30. The Hall–Kier alpha value is -2.11. The molecule has 1 amide bonds. The number of aryl methyl sites for hydroxylation is 1. The van der Waals surface area contributed by atoms with Gasteiger partial charge in [0, 0.05) is 11.7 Å². The van der Waals surface area contributed by atoms with Gasteiger partial charge in [-0.25, -0.2) is 4.98 Å². The third-order valence-electron chi connectivity index (χ3n) is 3.71. The predicted molar refractivity (Wildman–Crippen MR) is 74.5 cm³/mol. The van der Waals surface area contributed by atoms with Gasteiger partial charge in [0.05, 0.1) is 11.5 Å². The van der Waals surface area contributed by atoms with Gasteiger partial charge >= 0.3 is 5.97 Å². The van der Waals surface area contributed by atoms with Crippen LogP contribution in [0, 0.1) is 12.8 Å². The van der Waals surface area contributed by atoms with Crippen molar-refractivity contribution in [3.05, 3.63) is 23.4 Å². The van der Waals surface area contributed by atoms with Crippen LogP contribution in [0.15, 0.2) is 12.1 Å². The number of aromatic nitrogens is 1. The number of nitrogens with one attached hydrogen (secondary N) is 1. The summed E-state index contributed by atoms with van der Waals surface area (Å²) >= 11 is 0. The van der Waals surface area contributed by atoms with Crippen LogP contribution in [0.5, 0.6) is 0 Å². The number of carbonyl (C=O) groups excluding carboxylic acids is 1. The van der Waals surface area contributed by atoms with E-state index < -0.39 is 17.8 Å². The maximum absolute atomic E-state index is 11.4. The fraction of sp³-hybridized carbons (Fsp3) is 0.500. The van der Waals surface area contributed by atoms with Gasteiger partial charge < -0.3 is 16.2 Å². The van der Waals surface area contributed by atoms with E-state index in [2.05, 4.69) is 10.3 Å². The van der Waals surface area contributed by atoms with Crippen LogP contribution in [-0.4, -0.2) is 28.0 Å². The van der Waals surface area contributed by atoms with E-state index in [1.54, 1.807) is 12.1 Å². The molecule has 1 aromatic rings. The number of hydrogen-bond donors (Lipinski definition) is 3. The predicted octanol–water partition coefficient (Wildman–Crippen LogP) is 1.54. The molecule has 1 heterocycles. The Balaban J connectivity index is 2.25. The third-order valence-corrected chi connectivity index (χ3v) is 3.71. The Bertz CT molecular complexity index is 530. The second kappa shape index (κ2) is 5.90. The Morgan fingerprint density at radius 3 is 2.70 bits per heavy atom. The topological polar surface area (TPSA) is 105 Å². The Kier molecular flexibility index (Phi) is 4.22. The number of carbonyl (C=O) groups is 2. The van der Waals surface area contributed by atoms with Crippen molar-refractivity contribution in [3.63, 3.8) is 0 Å². The summed E-state index contributed by atoms with van der Waals surface area (Å²) in [7, 11) is 0. The maximum atomic E-state index is 11.4. The summed E-state index contributed by atoms with van der Waals surface area (Å²) in [5.41, 5.74) is 6.38. The van der Waals surface area contributed by atoms with E-state index in [0.717, 1.165) is 25.0 Å². The monoisotopic (exact) mass is 277 g/mol. The molecular formula is C14H19N3O3. The fourth-order valence-corrected chi connectivity index (χ4v) is 2.64. The van der Waals surface area contributed by atoms with E-state index >= 15 is 0 Å². The molecule has 0 bridgehead atoms. The second-order valence-electron chi connectivity index (χ2n) is 5.19. The van der Waals surface area contributed by atoms with Crippen molar-refractivity contribution < 1.29 is 14.7 Å². The lowest BCUT2D eigenvalue weighted by Crippen LogP contribution is -2.38. The van der Waals surface area contributed by atoms with Crippen LogP contribution in [0.3, 0.4) is 0 Å². The second-order valence-corrected chi connectivity index (χ2v) is 5.19. The van der Waals surface area contributed by atoms with Crippen LogP contribution in [-0.2, 0) is 4.79 Å². The van der Waals surface area contributed by atoms with Gasteiger partial charge in [0.25, 0.3) is 5.91 Å². The van der Waals surface area contributed by atoms with E-state index in [1.165, 1.54) is 0 Å². The van der Waals surface area contributed by atoms with Crippen LogP contribution in [0.4, 0.5) is 5.82 Å². The third kappa shape index (κ3) is 3.07. The molecule has 108 valence electrons.